The van der Waals surface area contributed by atoms with Gasteiger partial charge in [-0.3, -0.25) is 9.36 Å². The summed E-state index contributed by atoms with van der Waals surface area (Å²) in [5.74, 6) is -0.141. The zero-order valence-electron chi connectivity index (χ0n) is 14.0. The van der Waals surface area contributed by atoms with E-state index < -0.39 is 31.1 Å². The number of hydrogen-bond donors (Lipinski definition) is 4. The first-order chi connectivity index (χ1) is 13.1. The topological polar surface area (TPSA) is 143 Å². The van der Waals surface area contributed by atoms with Crippen molar-refractivity contribution in [2.24, 2.45) is 0 Å². The number of hydrogen-bond acceptors (Lipinski definition) is 8. The third-order valence-electron chi connectivity index (χ3n) is 4.42. The van der Waals surface area contributed by atoms with Crippen LogP contribution in [0.15, 0.2) is 43.0 Å². The highest BCUT2D eigenvalue weighted by Crippen LogP contribution is 2.32. The molecule has 0 bridgehead atoms. The number of carbonyl (C=O) groups is 1. The summed E-state index contributed by atoms with van der Waals surface area (Å²) in [6.07, 6.45) is -1.77. The molecule has 1 amide bonds. The lowest BCUT2D eigenvalue weighted by atomic mass is 10.1. The number of ether oxygens (including phenoxy) is 1. The second-order valence-electron chi connectivity index (χ2n) is 6.10. The van der Waals surface area contributed by atoms with Crippen molar-refractivity contribution in [1.29, 1.82) is 0 Å². The molecule has 27 heavy (non-hydrogen) atoms. The van der Waals surface area contributed by atoms with Crippen LogP contribution < -0.4 is 5.32 Å². The average Bonchev–Trinajstić information content (AvgIpc) is 3.25. The molecule has 0 radical (unpaired) electrons. The van der Waals surface area contributed by atoms with Gasteiger partial charge >= 0.3 is 0 Å². The van der Waals surface area contributed by atoms with Gasteiger partial charge < -0.3 is 25.4 Å². The maximum atomic E-state index is 12.4. The molecule has 0 saturated carbocycles. The Morgan fingerprint density at radius 3 is 2.63 bits per heavy atom. The number of fused-ring (bicyclic) bond motifs is 1. The molecule has 1 aromatic carbocycles. The molecule has 1 fully saturated rings. The van der Waals surface area contributed by atoms with E-state index in [1.54, 1.807) is 24.3 Å². The zero-order valence-corrected chi connectivity index (χ0v) is 14.0. The van der Waals surface area contributed by atoms with Gasteiger partial charge in [0.1, 0.15) is 24.6 Å². The van der Waals surface area contributed by atoms with Crippen molar-refractivity contribution in [2.75, 3.05) is 11.9 Å². The van der Waals surface area contributed by atoms with Gasteiger partial charge in [-0.1, -0.05) is 18.2 Å². The van der Waals surface area contributed by atoms with Crippen molar-refractivity contribution in [3.05, 3.63) is 48.5 Å². The molecule has 10 heteroatoms. The average molecular weight is 371 g/mol. The lowest BCUT2D eigenvalue weighted by Gasteiger charge is -2.16. The number of aromatic nitrogens is 4. The molecule has 1 aliphatic heterocycles. The summed E-state index contributed by atoms with van der Waals surface area (Å²) in [4.78, 5) is 24.8. The first-order valence-corrected chi connectivity index (χ1v) is 8.26. The second kappa shape index (κ2) is 7.00. The Kier molecular flexibility index (Phi) is 4.54. The van der Waals surface area contributed by atoms with Gasteiger partial charge in [0.05, 0.1) is 12.9 Å². The molecule has 0 aliphatic carbocycles. The van der Waals surface area contributed by atoms with Crippen LogP contribution in [0.5, 0.6) is 0 Å². The van der Waals surface area contributed by atoms with Crippen molar-refractivity contribution >= 4 is 22.9 Å². The van der Waals surface area contributed by atoms with E-state index in [1.165, 1.54) is 17.2 Å². The summed E-state index contributed by atoms with van der Waals surface area (Å²) in [6.45, 7) is -0.436. The smallest absolute Gasteiger partial charge is 0.256 e. The number of carbonyl (C=O) groups excluding carboxylic acids is 1. The Morgan fingerprint density at radius 2 is 1.93 bits per heavy atom. The zero-order chi connectivity index (χ0) is 19.0. The van der Waals surface area contributed by atoms with Crippen LogP contribution in [0.3, 0.4) is 0 Å². The van der Waals surface area contributed by atoms with E-state index in [9.17, 15) is 20.1 Å². The fraction of sp³-hybridized carbons (Fsp3) is 0.294. The molecular formula is C17H17N5O5. The van der Waals surface area contributed by atoms with Gasteiger partial charge in [0, 0.05) is 5.56 Å². The molecule has 2 aromatic heterocycles. The molecule has 4 atom stereocenters. The van der Waals surface area contributed by atoms with Crippen molar-refractivity contribution in [1.82, 2.24) is 19.5 Å². The minimum absolute atomic E-state index is 0.208. The number of nitrogens with zero attached hydrogens (tertiary/aromatic N) is 4. The number of anilines is 1. The molecule has 10 nitrogen and oxygen atoms in total. The fourth-order valence-corrected chi connectivity index (χ4v) is 3.01. The number of aliphatic hydroxyl groups is 3. The van der Waals surface area contributed by atoms with Crippen LogP contribution in [0.2, 0.25) is 0 Å². The maximum Gasteiger partial charge on any atom is 0.256 e. The molecule has 140 valence electrons. The molecule has 1 aliphatic rings. The number of imidazole rings is 1. The van der Waals surface area contributed by atoms with E-state index in [0.717, 1.165) is 0 Å². The van der Waals surface area contributed by atoms with Crippen LogP contribution in [-0.2, 0) is 4.74 Å². The minimum Gasteiger partial charge on any atom is -0.394 e. The van der Waals surface area contributed by atoms with E-state index in [4.69, 9.17) is 4.74 Å². The summed E-state index contributed by atoms with van der Waals surface area (Å²) in [5, 5.41) is 32.1. The Hall–Kier alpha value is -2.92. The second-order valence-corrected chi connectivity index (χ2v) is 6.10. The highest BCUT2D eigenvalue weighted by molar-refractivity contribution is 6.06. The molecule has 0 unspecified atom stereocenters. The van der Waals surface area contributed by atoms with Crippen LogP contribution in [0.4, 0.5) is 5.82 Å². The molecule has 3 aromatic rings. The Labute approximate surface area is 153 Å². The van der Waals surface area contributed by atoms with E-state index in [-0.39, 0.29) is 11.7 Å². The van der Waals surface area contributed by atoms with Crippen LogP contribution in [-0.4, -0.2) is 65.7 Å². The Morgan fingerprint density at radius 1 is 1.15 bits per heavy atom. The molecule has 4 N–H and O–H groups in total. The number of nitrogens with one attached hydrogen (secondary N) is 1. The largest absolute Gasteiger partial charge is 0.394 e. The summed E-state index contributed by atoms with van der Waals surface area (Å²) in [5.41, 5.74) is 1.08. The highest BCUT2D eigenvalue weighted by Gasteiger charge is 2.44. The van der Waals surface area contributed by atoms with E-state index in [0.29, 0.717) is 16.7 Å². The van der Waals surface area contributed by atoms with E-state index in [1.807, 2.05) is 6.07 Å². The quantitative estimate of drug-likeness (QED) is 0.489. The van der Waals surface area contributed by atoms with Crippen LogP contribution in [0.25, 0.3) is 11.2 Å². The predicted octanol–water partition coefficient (Wildman–Crippen LogP) is -0.310. The molecule has 3 heterocycles. The van der Waals surface area contributed by atoms with Gasteiger partial charge in [0.2, 0.25) is 0 Å². The first kappa shape index (κ1) is 17.5. The highest BCUT2D eigenvalue weighted by atomic mass is 16.6. The van der Waals surface area contributed by atoms with Crippen LogP contribution in [0, 0.1) is 0 Å². The Bertz CT molecular complexity index is 963. The maximum absolute atomic E-state index is 12.4. The summed E-state index contributed by atoms with van der Waals surface area (Å²) < 4.78 is 6.93. The molecule has 4 rings (SSSR count). The third kappa shape index (κ3) is 3.04. The van der Waals surface area contributed by atoms with Gasteiger partial charge in [-0.25, -0.2) is 15.0 Å². The Balaban J connectivity index is 1.65. The van der Waals surface area contributed by atoms with Gasteiger partial charge in [-0.2, -0.15) is 0 Å². The third-order valence-corrected chi connectivity index (χ3v) is 4.42. The lowest BCUT2D eigenvalue weighted by Crippen LogP contribution is -2.33. The summed E-state index contributed by atoms with van der Waals surface area (Å²) in [7, 11) is 0. The van der Waals surface area contributed by atoms with Crippen LogP contribution in [0.1, 0.15) is 16.6 Å². The number of benzene rings is 1. The van der Waals surface area contributed by atoms with Crippen molar-refractivity contribution < 1.29 is 24.9 Å². The van der Waals surface area contributed by atoms with Crippen molar-refractivity contribution in [2.45, 2.75) is 24.5 Å². The fourth-order valence-electron chi connectivity index (χ4n) is 3.01. The number of aliphatic hydroxyl groups excluding tert-OH is 3. The molecule has 1 saturated heterocycles. The monoisotopic (exact) mass is 371 g/mol. The van der Waals surface area contributed by atoms with Crippen molar-refractivity contribution in [3.63, 3.8) is 0 Å². The van der Waals surface area contributed by atoms with Gasteiger partial charge in [-0.05, 0) is 12.1 Å². The summed E-state index contributed by atoms with van der Waals surface area (Å²) >= 11 is 0. The van der Waals surface area contributed by atoms with E-state index >= 15 is 0 Å². The summed E-state index contributed by atoms with van der Waals surface area (Å²) in [6, 6.07) is 8.65. The van der Waals surface area contributed by atoms with Crippen LogP contribution >= 0.6 is 0 Å². The van der Waals surface area contributed by atoms with E-state index in [2.05, 4.69) is 20.3 Å². The number of rotatable bonds is 4. The van der Waals surface area contributed by atoms with Gasteiger partial charge in [0.25, 0.3) is 5.91 Å². The number of amides is 1. The molecule has 0 spiro atoms. The minimum atomic E-state index is -1.27. The van der Waals surface area contributed by atoms with Gasteiger partial charge in [-0.15, -0.1) is 0 Å². The predicted molar refractivity (Wildman–Crippen MR) is 92.7 cm³/mol. The lowest BCUT2D eigenvalue weighted by molar-refractivity contribution is -0.0511. The normalized spacial score (nSPS) is 25.0. The first-order valence-electron chi connectivity index (χ1n) is 8.26. The van der Waals surface area contributed by atoms with Crippen molar-refractivity contribution in [3.8, 4) is 0 Å². The SMILES string of the molecule is O=C(Nc1ncnc2c1ncn2[C@@H]1O[C@H](CO)[C@H](O)[C@H]1O)c1ccccc1. The molecular weight excluding hydrogens is 354 g/mol. The van der Waals surface area contributed by atoms with Gasteiger partial charge in [0.15, 0.2) is 23.2 Å². The standard InChI is InChI=1S/C17H17N5O5/c23-6-10-12(24)13(25)17(27-10)22-8-20-11-14(18-7-19-15(11)22)21-16(26)9-4-2-1-3-5-9/h1-5,7-8,10,12-13,17,23-25H,6H2,(H,18,19,21,26)/t10-,12+,13-,17-/m1/s1.